The van der Waals surface area contributed by atoms with Crippen LogP contribution >= 0.6 is 11.3 Å². The highest BCUT2D eigenvalue weighted by Crippen LogP contribution is 2.34. The Labute approximate surface area is 222 Å². The standard InChI is InChI=1S/C26H34N4O5S2/c1-5-35-21-8-11-23-24(18-21)36-26(27-23)30(17-16-28(2)3)25(31)19-12-14-29(15-13-19)37(32,33)22-9-6-20(34-4)7-10-22/h6-11,18-19H,5,12-17H2,1-4H3. The maximum absolute atomic E-state index is 13.7. The van der Waals surface area contributed by atoms with Crippen LogP contribution in [0.1, 0.15) is 19.8 Å². The number of anilines is 1. The van der Waals surface area contributed by atoms with Gasteiger partial charge in [-0.3, -0.25) is 9.69 Å². The van der Waals surface area contributed by atoms with Crippen LogP contribution in [0, 0.1) is 5.92 Å². The number of benzene rings is 2. The number of ether oxygens (including phenoxy) is 2. The van der Waals surface area contributed by atoms with Gasteiger partial charge in [-0.1, -0.05) is 11.3 Å². The molecule has 2 heterocycles. The number of likely N-dealkylation sites (N-methyl/N-ethyl adjacent to an activating group) is 1. The molecule has 1 aromatic heterocycles. The molecule has 4 rings (SSSR count). The van der Waals surface area contributed by atoms with E-state index in [1.807, 2.05) is 44.1 Å². The second-order valence-corrected chi connectivity index (χ2v) is 12.2. The summed E-state index contributed by atoms with van der Waals surface area (Å²) in [7, 11) is 1.85. The Morgan fingerprint density at radius 3 is 2.38 bits per heavy atom. The molecule has 37 heavy (non-hydrogen) atoms. The van der Waals surface area contributed by atoms with Crippen molar-refractivity contribution in [1.82, 2.24) is 14.2 Å². The quantitative estimate of drug-likeness (QED) is 0.383. The molecule has 0 spiro atoms. The largest absolute Gasteiger partial charge is 0.497 e. The van der Waals surface area contributed by atoms with Gasteiger partial charge in [-0.05, 0) is 76.3 Å². The van der Waals surface area contributed by atoms with Crippen molar-refractivity contribution in [3.05, 3.63) is 42.5 Å². The Morgan fingerprint density at radius 1 is 1.08 bits per heavy atom. The maximum atomic E-state index is 13.7. The molecule has 0 N–H and O–H groups in total. The molecule has 0 radical (unpaired) electrons. The Kier molecular flexibility index (Phi) is 8.68. The number of hydrogen-bond acceptors (Lipinski definition) is 8. The van der Waals surface area contributed by atoms with Gasteiger partial charge in [-0.25, -0.2) is 13.4 Å². The molecule has 1 aliphatic rings. The summed E-state index contributed by atoms with van der Waals surface area (Å²) >= 11 is 1.47. The molecule has 3 aromatic rings. The third kappa shape index (κ3) is 6.23. The molecule has 2 aromatic carbocycles. The Bertz CT molecular complexity index is 1320. The molecule has 9 nitrogen and oxygen atoms in total. The van der Waals surface area contributed by atoms with Gasteiger partial charge in [0.1, 0.15) is 11.5 Å². The van der Waals surface area contributed by atoms with Crippen LogP contribution in [0.2, 0.25) is 0 Å². The van der Waals surface area contributed by atoms with Crippen LogP contribution in [0.5, 0.6) is 11.5 Å². The average molecular weight is 547 g/mol. The lowest BCUT2D eigenvalue weighted by atomic mass is 9.96. The van der Waals surface area contributed by atoms with Crippen molar-refractivity contribution < 1.29 is 22.7 Å². The number of methoxy groups -OCH3 is 1. The molecular formula is C26H34N4O5S2. The number of nitrogens with zero attached hydrogens (tertiary/aromatic N) is 4. The number of rotatable bonds is 10. The summed E-state index contributed by atoms with van der Waals surface area (Å²) in [5.74, 6) is 1.11. The van der Waals surface area contributed by atoms with E-state index >= 15 is 0 Å². The van der Waals surface area contributed by atoms with Gasteiger partial charge in [0.05, 0.1) is 28.8 Å². The van der Waals surface area contributed by atoms with Crippen LogP contribution < -0.4 is 14.4 Å². The predicted molar refractivity (Wildman–Crippen MR) is 146 cm³/mol. The van der Waals surface area contributed by atoms with Crippen LogP contribution in [0.15, 0.2) is 47.4 Å². The molecule has 0 bridgehead atoms. The number of fused-ring (bicyclic) bond motifs is 1. The first-order valence-electron chi connectivity index (χ1n) is 12.4. The van der Waals surface area contributed by atoms with Crippen molar-refractivity contribution in [3.63, 3.8) is 0 Å². The van der Waals surface area contributed by atoms with Crippen LogP contribution in [0.25, 0.3) is 10.2 Å². The van der Waals surface area contributed by atoms with Gasteiger partial charge in [0, 0.05) is 32.1 Å². The Morgan fingerprint density at radius 2 is 1.76 bits per heavy atom. The normalized spacial score (nSPS) is 15.3. The van der Waals surface area contributed by atoms with Crippen LogP contribution in [-0.4, -0.2) is 82.5 Å². The number of hydrogen-bond donors (Lipinski definition) is 0. The number of amides is 1. The first kappa shape index (κ1) is 27.3. The van der Waals surface area contributed by atoms with Gasteiger partial charge in [0.25, 0.3) is 0 Å². The fourth-order valence-electron chi connectivity index (χ4n) is 4.33. The van der Waals surface area contributed by atoms with E-state index in [0.29, 0.717) is 56.5 Å². The molecule has 0 unspecified atom stereocenters. The summed E-state index contributed by atoms with van der Waals surface area (Å²) in [5.41, 5.74) is 0.825. The summed E-state index contributed by atoms with van der Waals surface area (Å²) in [6, 6.07) is 12.1. The number of carbonyl (C=O) groups is 1. The number of sulfonamides is 1. The summed E-state index contributed by atoms with van der Waals surface area (Å²) in [5, 5.41) is 0.656. The SMILES string of the molecule is CCOc1ccc2nc(N(CCN(C)C)C(=O)C3CCN(S(=O)(=O)c4ccc(OC)cc4)CC3)sc2c1. The highest BCUT2D eigenvalue weighted by molar-refractivity contribution is 7.89. The van der Waals surface area contributed by atoms with Crippen molar-refractivity contribution in [2.24, 2.45) is 5.92 Å². The van der Waals surface area contributed by atoms with Gasteiger partial charge in [0.2, 0.25) is 15.9 Å². The summed E-state index contributed by atoms with van der Waals surface area (Å²) in [6.07, 6.45) is 0.929. The molecule has 0 saturated carbocycles. The summed E-state index contributed by atoms with van der Waals surface area (Å²) < 4.78 is 39.5. The zero-order valence-electron chi connectivity index (χ0n) is 21.7. The second kappa shape index (κ2) is 11.8. The topological polar surface area (TPSA) is 92.3 Å². The highest BCUT2D eigenvalue weighted by atomic mass is 32.2. The van der Waals surface area contributed by atoms with Crippen LogP contribution in [0.4, 0.5) is 5.13 Å². The number of carbonyl (C=O) groups excluding carboxylic acids is 1. The van der Waals surface area contributed by atoms with E-state index in [9.17, 15) is 13.2 Å². The molecule has 11 heteroatoms. The number of piperidine rings is 1. The smallest absolute Gasteiger partial charge is 0.243 e. The average Bonchev–Trinajstić information content (AvgIpc) is 3.32. The van der Waals surface area contributed by atoms with Crippen molar-refractivity contribution >= 4 is 42.6 Å². The second-order valence-electron chi connectivity index (χ2n) is 9.21. The minimum absolute atomic E-state index is 0.00701. The van der Waals surface area contributed by atoms with E-state index < -0.39 is 10.0 Å². The monoisotopic (exact) mass is 546 g/mol. The van der Waals surface area contributed by atoms with E-state index in [2.05, 4.69) is 0 Å². The molecule has 0 aliphatic carbocycles. The first-order valence-corrected chi connectivity index (χ1v) is 14.6. The zero-order valence-corrected chi connectivity index (χ0v) is 23.3. The Balaban J connectivity index is 1.49. The van der Waals surface area contributed by atoms with E-state index in [1.54, 1.807) is 36.3 Å². The van der Waals surface area contributed by atoms with Crippen molar-refractivity contribution in [1.29, 1.82) is 0 Å². The third-order valence-electron chi connectivity index (χ3n) is 6.43. The van der Waals surface area contributed by atoms with Crippen molar-refractivity contribution in [2.75, 3.05) is 58.9 Å². The predicted octanol–water partition coefficient (Wildman–Crippen LogP) is 3.70. The van der Waals surface area contributed by atoms with Gasteiger partial charge in [0.15, 0.2) is 5.13 Å². The first-order chi connectivity index (χ1) is 17.7. The zero-order chi connectivity index (χ0) is 26.6. The van der Waals surface area contributed by atoms with Gasteiger partial charge in [-0.2, -0.15) is 4.31 Å². The molecule has 1 aliphatic heterocycles. The molecule has 1 amide bonds. The van der Waals surface area contributed by atoms with Crippen LogP contribution in [0.3, 0.4) is 0 Å². The van der Waals surface area contributed by atoms with E-state index in [0.717, 1.165) is 16.0 Å². The van der Waals surface area contributed by atoms with E-state index in [-0.39, 0.29) is 16.7 Å². The molecule has 200 valence electrons. The Hall–Kier alpha value is -2.73. The minimum atomic E-state index is -3.63. The number of thiazole rings is 1. The van der Waals surface area contributed by atoms with Gasteiger partial charge < -0.3 is 14.4 Å². The fourth-order valence-corrected chi connectivity index (χ4v) is 6.82. The molecular weight excluding hydrogens is 512 g/mol. The van der Waals surface area contributed by atoms with E-state index in [1.165, 1.54) is 15.6 Å². The summed E-state index contributed by atoms with van der Waals surface area (Å²) in [4.78, 5) is 22.5. The van der Waals surface area contributed by atoms with Gasteiger partial charge in [-0.15, -0.1) is 0 Å². The molecule has 0 atom stereocenters. The van der Waals surface area contributed by atoms with Gasteiger partial charge >= 0.3 is 0 Å². The minimum Gasteiger partial charge on any atom is -0.497 e. The third-order valence-corrected chi connectivity index (χ3v) is 9.38. The van der Waals surface area contributed by atoms with E-state index in [4.69, 9.17) is 14.5 Å². The lowest BCUT2D eigenvalue weighted by Gasteiger charge is -2.33. The summed E-state index contributed by atoms with van der Waals surface area (Å²) in [6.45, 7) is 4.31. The highest BCUT2D eigenvalue weighted by Gasteiger charge is 2.35. The van der Waals surface area contributed by atoms with Crippen LogP contribution in [-0.2, 0) is 14.8 Å². The van der Waals surface area contributed by atoms with Crippen molar-refractivity contribution in [3.8, 4) is 11.5 Å². The fraction of sp³-hybridized carbons (Fsp3) is 0.462. The lowest BCUT2D eigenvalue weighted by molar-refractivity contribution is -0.123. The molecule has 1 saturated heterocycles. The molecule has 1 fully saturated rings. The van der Waals surface area contributed by atoms with Crippen molar-refractivity contribution in [2.45, 2.75) is 24.7 Å². The lowest BCUT2D eigenvalue weighted by Crippen LogP contribution is -2.46. The maximum Gasteiger partial charge on any atom is 0.243 e. The number of aromatic nitrogens is 1.